The van der Waals surface area contributed by atoms with Gasteiger partial charge in [-0.25, -0.2) is 0 Å². The molecular weight excluding hydrogens is 332 g/mol. The molecule has 0 atom stereocenters. The zero-order valence-electron chi connectivity index (χ0n) is 13.1. The third-order valence-corrected chi connectivity index (χ3v) is 3.99. The molecule has 5 aromatic rings. The number of hydrogen-bond donors (Lipinski definition) is 3. The number of methoxy groups -OCH3 is 2. The Morgan fingerprint density at radius 1 is 0.880 bits per heavy atom. The van der Waals surface area contributed by atoms with Gasteiger partial charge in [0.2, 0.25) is 28.1 Å². The zero-order valence-corrected chi connectivity index (χ0v) is 13.1. The summed E-state index contributed by atoms with van der Waals surface area (Å²) in [5.41, 5.74) is -0.143. The van der Waals surface area contributed by atoms with Gasteiger partial charge < -0.3 is 33.6 Å². The SMILES string of the molecule is COc1c(-c2ccc(O)c(O)c2)oc2c3oc(c3O)c(OC)c2c1=O. The lowest BCUT2D eigenvalue weighted by atomic mass is 10.1. The monoisotopic (exact) mass is 344 g/mol. The Hall–Kier alpha value is -3.55. The fraction of sp³-hybridized carbons (Fsp3) is 0.118. The lowest BCUT2D eigenvalue weighted by Gasteiger charge is -2.16. The first kappa shape index (κ1) is 15.0. The highest BCUT2D eigenvalue weighted by Crippen LogP contribution is 2.48. The minimum absolute atomic E-state index is 0.00212. The molecule has 2 aromatic carbocycles. The molecule has 0 amide bonds. The standard InChI is InChI=1S/C17H12O8/c1-22-13-9-10(20)15(23-2)12(6-3-4-7(18)8(19)5-6)24-14(9)17-11(21)16(13)25-17/h3-5,18-19,21H,1-2H3. The summed E-state index contributed by atoms with van der Waals surface area (Å²) in [5.74, 6) is -0.926. The molecule has 0 aliphatic rings. The largest absolute Gasteiger partial charge is 0.504 e. The van der Waals surface area contributed by atoms with E-state index in [1.165, 1.54) is 32.4 Å². The van der Waals surface area contributed by atoms with E-state index < -0.39 is 5.43 Å². The number of phenolic OH excluding ortho intramolecular Hbond substituents is 3. The van der Waals surface area contributed by atoms with Gasteiger partial charge in [-0.15, -0.1) is 0 Å². The molecule has 0 spiro atoms. The van der Waals surface area contributed by atoms with Crippen LogP contribution in [0.2, 0.25) is 0 Å². The average Bonchev–Trinajstić information content (AvgIpc) is 2.61. The fourth-order valence-corrected chi connectivity index (χ4v) is 2.80. The normalized spacial score (nSPS) is 11.4. The smallest absolute Gasteiger partial charge is 0.239 e. The molecule has 25 heavy (non-hydrogen) atoms. The van der Waals surface area contributed by atoms with Gasteiger partial charge in [0.05, 0.1) is 14.2 Å². The Kier molecular flexibility index (Phi) is 2.98. The molecule has 5 rings (SSSR count). The highest BCUT2D eigenvalue weighted by Gasteiger charge is 2.30. The summed E-state index contributed by atoms with van der Waals surface area (Å²) in [6.45, 7) is 0. The molecular formula is C17H12O8. The van der Waals surface area contributed by atoms with Gasteiger partial charge in [-0.2, -0.15) is 0 Å². The maximum absolute atomic E-state index is 12.9. The minimum Gasteiger partial charge on any atom is -0.504 e. The maximum atomic E-state index is 12.9. The summed E-state index contributed by atoms with van der Waals surface area (Å²) in [4.78, 5) is 12.9. The van der Waals surface area contributed by atoms with Gasteiger partial charge in [0.1, 0.15) is 5.39 Å². The highest BCUT2D eigenvalue weighted by atomic mass is 16.5. The first-order valence-electron chi connectivity index (χ1n) is 7.15. The van der Waals surface area contributed by atoms with Crippen LogP contribution in [-0.2, 0) is 0 Å². The van der Waals surface area contributed by atoms with Gasteiger partial charge in [0.15, 0.2) is 28.6 Å². The summed E-state index contributed by atoms with van der Waals surface area (Å²) in [6.07, 6.45) is 0. The van der Waals surface area contributed by atoms with Crippen LogP contribution >= 0.6 is 0 Å². The minimum atomic E-state index is -0.519. The quantitative estimate of drug-likeness (QED) is 0.485. The van der Waals surface area contributed by atoms with Crippen molar-refractivity contribution in [3.63, 3.8) is 0 Å². The van der Waals surface area contributed by atoms with Crippen molar-refractivity contribution < 1.29 is 33.6 Å². The van der Waals surface area contributed by atoms with E-state index in [4.69, 9.17) is 18.3 Å². The summed E-state index contributed by atoms with van der Waals surface area (Å²) in [7, 11) is 2.64. The molecule has 0 saturated carbocycles. The molecule has 3 aromatic heterocycles. The van der Waals surface area contributed by atoms with Crippen molar-refractivity contribution in [1.29, 1.82) is 0 Å². The van der Waals surface area contributed by atoms with Crippen LogP contribution in [0.4, 0.5) is 0 Å². The molecule has 0 aliphatic carbocycles. The van der Waals surface area contributed by atoms with Gasteiger partial charge in [0, 0.05) is 5.56 Å². The summed E-state index contributed by atoms with van der Waals surface area (Å²) < 4.78 is 21.4. The second-order valence-corrected chi connectivity index (χ2v) is 5.34. The van der Waals surface area contributed by atoms with Gasteiger partial charge in [-0.1, -0.05) is 0 Å². The van der Waals surface area contributed by atoms with Crippen LogP contribution in [0.25, 0.3) is 33.5 Å². The van der Waals surface area contributed by atoms with Crippen LogP contribution in [0.1, 0.15) is 0 Å². The van der Waals surface area contributed by atoms with Crippen LogP contribution in [0.15, 0.2) is 31.8 Å². The summed E-state index contributed by atoms with van der Waals surface area (Å²) >= 11 is 0. The van der Waals surface area contributed by atoms with Crippen molar-refractivity contribution in [3.05, 3.63) is 28.4 Å². The van der Waals surface area contributed by atoms with E-state index in [2.05, 4.69) is 0 Å². The van der Waals surface area contributed by atoms with Crippen LogP contribution in [0.3, 0.4) is 0 Å². The number of ether oxygens (including phenoxy) is 2. The van der Waals surface area contributed by atoms with Crippen LogP contribution < -0.4 is 14.9 Å². The molecule has 8 nitrogen and oxygen atoms in total. The van der Waals surface area contributed by atoms with Crippen LogP contribution in [0.5, 0.6) is 28.7 Å². The lowest BCUT2D eigenvalue weighted by molar-refractivity contribution is 0.381. The van der Waals surface area contributed by atoms with E-state index in [-0.39, 0.29) is 56.6 Å². The number of phenols is 3. The fourth-order valence-electron chi connectivity index (χ4n) is 2.80. The number of aromatic hydroxyl groups is 3. The molecule has 0 fully saturated rings. The topological polar surface area (TPSA) is 122 Å². The van der Waals surface area contributed by atoms with Crippen molar-refractivity contribution in [1.82, 2.24) is 0 Å². The number of hydrogen-bond acceptors (Lipinski definition) is 8. The van der Waals surface area contributed by atoms with Crippen LogP contribution in [-0.4, -0.2) is 29.5 Å². The second kappa shape index (κ2) is 4.97. The number of benzene rings is 2. The van der Waals surface area contributed by atoms with E-state index in [0.29, 0.717) is 5.56 Å². The van der Waals surface area contributed by atoms with Crippen molar-refractivity contribution in [2.24, 2.45) is 0 Å². The molecule has 3 heterocycles. The van der Waals surface area contributed by atoms with Crippen molar-refractivity contribution in [2.75, 3.05) is 14.2 Å². The van der Waals surface area contributed by atoms with Gasteiger partial charge >= 0.3 is 0 Å². The van der Waals surface area contributed by atoms with E-state index in [9.17, 15) is 20.1 Å². The molecule has 2 bridgehead atoms. The molecule has 0 aliphatic heterocycles. The van der Waals surface area contributed by atoms with Crippen molar-refractivity contribution in [3.8, 4) is 40.1 Å². The van der Waals surface area contributed by atoms with Crippen molar-refractivity contribution in [2.45, 2.75) is 0 Å². The zero-order chi connectivity index (χ0) is 17.9. The Balaban J connectivity index is 2.13. The third-order valence-electron chi connectivity index (χ3n) is 3.99. The molecule has 128 valence electrons. The van der Waals surface area contributed by atoms with E-state index in [1.807, 2.05) is 0 Å². The lowest BCUT2D eigenvalue weighted by Crippen LogP contribution is -2.10. The first-order valence-corrected chi connectivity index (χ1v) is 7.15. The van der Waals surface area contributed by atoms with E-state index in [1.54, 1.807) is 0 Å². The Morgan fingerprint density at radius 2 is 1.60 bits per heavy atom. The molecule has 0 unspecified atom stereocenters. The van der Waals surface area contributed by atoms with Gasteiger partial charge in [-0.05, 0) is 18.2 Å². The maximum Gasteiger partial charge on any atom is 0.239 e. The van der Waals surface area contributed by atoms with Gasteiger partial charge in [0.25, 0.3) is 0 Å². The Morgan fingerprint density at radius 3 is 2.20 bits per heavy atom. The summed E-state index contributed by atoms with van der Waals surface area (Å²) in [6, 6.07) is 3.91. The summed E-state index contributed by atoms with van der Waals surface area (Å²) in [5, 5.41) is 29.2. The molecule has 0 radical (unpaired) electrons. The third kappa shape index (κ3) is 1.84. The predicted octanol–water partition coefficient (Wildman–Crippen LogP) is 2.78. The molecule has 3 N–H and O–H groups in total. The molecule has 8 heteroatoms. The second-order valence-electron chi connectivity index (χ2n) is 5.34. The van der Waals surface area contributed by atoms with Crippen LogP contribution in [0, 0.1) is 0 Å². The van der Waals surface area contributed by atoms with E-state index >= 15 is 0 Å². The number of rotatable bonds is 3. The highest BCUT2D eigenvalue weighted by molar-refractivity contribution is 6.09. The molecule has 0 saturated heterocycles. The van der Waals surface area contributed by atoms with Crippen molar-refractivity contribution >= 4 is 22.1 Å². The first-order chi connectivity index (χ1) is 12.0. The predicted molar refractivity (Wildman–Crippen MR) is 87.0 cm³/mol. The average molecular weight is 344 g/mol. The van der Waals surface area contributed by atoms with E-state index in [0.717, 1.165) is 0 Å². The Labute approximate surface area is 139 Å². The Bertz CT molecular complexity index is 1170. The van der Waals surface area contributed by atoms with Gasteiger partial charge in [-0.3, -0.25) is 4.79 Å².